The van der Waals surface area contributed by atoms with Gasteiger partial charge >= 0.3 is 0 Å². The maximum Gasteiger partial charge on any atom is 0.220 e. The van der Waals surface area contributed by atoms with Crippen LogP contribution in [0.5, 0.6) is 5.75 Å². The number of hydrogen-bond donors (Lipinski definition) is 1. The third-order valence-electron chi connectivity index (χ3n) is 4.63. The number of rotatable bonds is 11. The van der Waals surface area contributed by atoms with Gasteiger partial charge in [-0.15, -0.1) is 10.2 Å². The van der Waals surface area contributed by atoms with Gasteiger partial charge in [0, 0.05) is 44.2 Å². The molecule has 2 heterocycles. The van der Waals surface area contributed by atoms with Crippen LogP contribution in [0.2, 0.25) is 0 Å². The lowest BCUT2D eigenvalue weighted by molar-refractivity contribution is -0.121. The van der Waals surface area contributed by atoms with Gasteiger partial charge in [-0.1, -0.05) is 18.2 Å². The first-order chi connectivity index (χ1) is 14.1. The first-order valence-electron chi connectivity index (χ1n) is 9.84. The van der Waals surface area contributed by atoms with E-state index in [1.807, 2.05) is 48.1 Å². The molecule has 0 bridgehead atoms. The Balaban J connectivity index is 1.38. The minimum absolute atomic E-state index is 0.0215. The summed E-state index contributed by atoms with van der Waals surface area (Å²) in [6.07, 6.45) is 6.61. The monoisotopic (exact) mass is 397 g/mol. The number of amides is 1. The van der Waals surface area contributed by atoms with E-state index in [2.05, 4.69) is 20.6 Å². The molecule has 8 nitrogen and oxygen atoms in total. The summed E-state index contributed by atoms with van der Waals surface area (Å²) < 4.78 is 12.9. The second-order valence-electron chi connectivity index (χ2n) is 6.93. The Morgan fingerprint density at radius 3 is 2.72 bits per heavy atom. The van der Waals surface area contributed by atoms with Crippen molar-refractivity contribution >= 4 is 5.91 Å². The van der Waals surface area contributed by atoms with Crippen LogP contribution in [0.4, 0.5) is 0 Å². The van der Waals surface area contributed by atoms with Gasteiger partial charge in [-0.25, -0.2) is 0 Å². The number of nitrogens with zero attached hydrogens (tertiary/aromatic N) is 4. The highest BCUT2D eigenvalue weighted by Gasteiger charge is 2.12. The van der Waals surface area contributed by atoms with Crippen molar-refractivity contribution in [2.75, 3.05) is 7.11 Å². The van der Waals surface area contributed by atoms with E-state index >= 15 is 0 Å². The van der Waals surface area contributed by atoms with Gasteiger partial charge in [0.2, 0.25) is 17.7 Å². The maximum absolute atomic E-state index is 12.1. The lowest BCUT2D eigenvalue weighted by Crippen LogP contribution is -2.33. The fourth-order valence-corrected chi connectivity index (χ4v) is 3.04. The van der Waals surface area contributed by atoms with E-state index in [-0.39, 0.29) is 11.9 Å². The quantitative estimate of drug-likeness (QED) is 0.534. The molecule has 0 aliphatic rings. The van der Waals surface area contributed by atoms with Gasteiger partial charge in [0.1, 0.15) is 5.75 Å². The Kier molecular flexibility index (Phi) is 7.38. The highest BCUT2D eigenvalue weighted by atomic mass is 16.5. The van der Waals surface area contributed by atoms with E-state index in [1.165, 1.54) is 0 Å². The summed E-state index contributed by atoms with van der Waals surface area (Å²) in [5.74, 6) is 1.88. The molecule has 2 aromatic heterocycles. The smallest absolute Gasteiger partial charge is 0.220 e. The van der Waals surface area contributed by atoms with Gasteiger partial charge in [-0.05, 0) is 37.5 Å². The van der Waals surface area contributed by atoms with Crippen LogP contribution in [-0.4, -0.2) is 39.0 Å². The summed E-state index contributed by atoms with van der Waals surface area (Å²) in [6, 6.07) is 9.84. The average Bonchev–Trinajstić information content (AvgIpc) is 3.41. The topological polar surface area (TPSA) is 95.1 Å². The van der Waals surface area contributed by atoms with E-state index in [4.69, 9.17) is 9.15 Å². The van der Waals surface area contributed by atoms with Crippen molar-refractivity contribution in [1.82, 2.24) is 25.3 Å². The van der Waals surface area contributed by atoms with Gasteiger partial charge in [0.15, 0.2) is 0 Å². The molecule has 3 aromatic rings. The van der Waals surface area contributed by atoms with Crippen molar-refractivity contribution < 1.29 is 13.9 Å². The molecule has 1 amide bonds. The summed E-state index contributed by atoms with van der Waals surface area (Å²) in [5, 5.41) is 15.3. The number of methoxy groups -OCH3 is 1. The zero-order valence-electron chi connectivity index (χ0n) is 16.9. The SMILES string of the molecule is COc1ccccc1CCc1nnc(CCC(=O)N[C@H](C)CCn2cccn2)o1. The summed E-state index contributed by atoms with van der Waals surface area (Å²) in [7, 11) is 1.66. The highest BCUT2D eigenvalue weighted by molar-refractivity contribution is 5.76. The molecule has 0 saturated heterocycles. The number of nitrogens with one attached hydrogen (secondary N) is 1. The van der Waals surface area contributed by atoms with Crippen molar-refractivity contribution in [3.63, 3.8) is 0 Å². The predicted molar refractivity (Wildman–Crippen MR) is 107 cm³/mol. The molecule has 0 spiro atoms. The molecule has 3 rings (SSSR count). The third-order valence-corrected chi connectivity index (χ3v) is 4.63. The number of aromatic nitrogens is 4. The van der Waals surface area contributed by atoms with Crippen LogP contribution >= 0.6 is 0 Å². The van der Waals surface area contributed by atoms with Crippen molar-refractivity contribution in [2.45, 2.75) is 51.6 Å². The first-order valence-corrected chi connectivity index (χ1v) is 9.84. The van der Waals surface area contributed by atoms with Crippen LogP contribution < -0.4 is 10.1 Å². The average molecular weight is 397 g/mol. The lowest BCUT2D eigenvalue weighted by Gasteiger charge is -2.13. The van der Waals surface area contributed by atoms with Crippen molar-refractivity contribution in [2.24, 2.45) is 0 Å². The molecule has 1 N–H and O–H groups in total. The summed E-state index contributed by atoms with van der Waals surface area (Å²) in [4.78, 5) is 12.1. The highest BCUT2D eigenvalue weighted by Crippen LogP contribution is 2.19. The summed E-state index contributed by atoms with van der Waals surface area (Å²) in [5.41, 5.74) is 1.10. The minimum atomic E-state index is -0.0215. The zero-order valence-corrected chi connectivity index (χ0v) is 16.9. The van der Waals surface area contributed by atoms with E-state index < -0.39 is 0 Å². The molecule has 154 valence electrons. The van der Waals surface area contributed by atoms with Gasteiger partial charge in [0.05, 0.1) is 7.11 Å². The molecule has 0 aliphatic carbocycles. The fourth-order valence-electron chi connectivity index (χ4n) is 3.04. The minimum Gasteiger partial charge on any atom is -0.496 e. The molecule has 0 aliphatic heterocycles. The van der Waals surface area contributed by atoms with E-state index in [0.29, 0.717) is 31.0 Å². The summed E-state index contributed by atoms with van der Waals surface area (Å²) in [6.45, 7) is 2.76. The van der Waals surface area contributed by atoms with Crippen molar-refractivity contribution in [3.05, 3.63) is 60.1 Å². The zero-order chi connectivity index (χ0) is 20.5. The number of ether oxygens (including phenoxy) is 1. The maximum atomic E-state index is 12.1. The predicted octanol–water partition coefficient (Wildman–Crippen LogP) is 2.59. The standard InChI is InChI=1S/C21H27N5O3/c1-16(12-15-26-14-5-13-22-26)23-19(27)9-11-21-25-24-20(29-21)10-8-17-6-3-4-7-18(17)28-2/h3-7,13-14,16H,8-12,15H2,1-2H3,(H,23,27)/t16-/m1/s1. The normalized spacial score (nSPS) is 11.9. The Morgan fingerprint density at radius 1 is 1.17 bits per heavy atom. The van der Waals surface area contributed by atoms with Gasteiger partial charge in [-0.2, -0.15) is 5.10 Å². The molecule has 0 unspecified atom stereocenters. The van der Waals surface area contributed by atoms with Gasteiger partial charge in [0.25, 0.3) is 0 Å². The first kappa shape index (κ1) is 20.6. The molecule has 0 fully saturated rings. The van der Waals surface area contributed by atoms with Crippen LogP contribution in [0.25, 0.3) is 0 Å². The third kappa shape index (κ3) is 6.44. The number of para-hydroxylation sites is 1. The Labute approximate surface area is 170 Å². The molecule has 0 saturated carbocycles. The van der Waals surface area contributed by atoms with Crippen molar-refractivity contribution in [1.29, 1.82) is 0 Å². The molecule has 1 atom stereocenters. The van der Waals surface area contributed by atoms with E-state index in [9.17, 15) is 4.79 Å². The van der Waals surface area contributed by atoms with E-state index in [0.717, 1.165) is 30.7 Å². The van der Waals surface area contributed by atoms with Crippen LogP contribution in [-0.2, 0) is 30.6 Å². The molecular weight excluding hydrogens is 370 g/mol. The molecule has 29 heavy (non-hydrogen) atoms. The van der Waals surface area contributed by atoms with Crippen LogP contribution in [0, 0.1) is 0 Å². The van der Waals surface area contributed by atoms with Crippen molar-refractivity contribution in [3.8, 4) is 5.75 Å². The van der Waals surface area contributed by atoms with Crippen LogP contribution in [0.15, 0.2) is 47.1 Å². The largest absolute Gasteiger partial charge is 0.496 e. The van der Waals surface area contributed by atoms with Gasteiger partial charge in [-0.3, -0.25) is 9.48 Å². The molecule has 1 aromatic carbocycles. The second kappa shape index (κ2) is 10.4. The molecule has 0 radical (unpaired) electrons. The summed E-state index contributed by atoms with van der Waals surface area (Å²) >= 11 is 0. The fraction of sp³-hybridized carbons (Fsp3) is 0.429. The second-order valence-corrected chi connectivity index (χ2v) is 6.93. The van der Waals surface area contributed by atoms with Crippen LogP contribution in [0.3, 0.4) is 0 Å². The molecular formula is C21H27N5O3. The molecule has 8 heteroatoms. The Bertz CT molecular complexity index is 891. The van der Waals surface area contributed by atoms with E-state index in [1.54, 1.807) is 13.3 Å². The number of hydrogen-bond acceptors (Lipinski definition) is 6. The van der Waals surface area contributed by atoms with Gasteiger partial charge < -0.3 is 14.5 Å². The Morgan fingerprint density at radius 2 is 1.97 bits per heavy atom. The Hall–Kier alpha value is -3.16. The number of aryl methyl sites for hydroxylation is 4. The number of carbonyl (C=O) groups is 1. The lowest BCUT2D eigenvalue weighted by atomic mass is 10.1. The number of benzene rings is 1. The number of carbonyl (C=O) groups excluding carboxylic acids is 1. The van der Waals surface area contributed by atoms with Crippen LogP contribution in [0.1, 0.15) is 37.1 Å².